The van der Waals surface area contributed by atoms with E-state index in [2.05, 4.69) is 14.8 Å². The number of benzene rings is 2. The largest absolute Gasteiger partial charge is 0.491 e. The summed E-state index contributed by atoms with van der Waals surface area (Å²) in [4.78, 5) is 4.31. The number of rotatable bonds is 7. The number of ether oxygens (including phenoxy) is 1. The van der Waals surface area contributed by atoms with Crippen molar-refractivity contribution in [2.75, 3.05) is 6.61 Å². The minimum atomic E-state index is -3.78. The van der Waals surface area contributed by atoms with Crippen LogP contribution in [-0.2, 0) is 10.0 Å². The maximum atomic E-state index is 13.1. The van der Waals surface area contributed by atoms with Crippen LogP contribution in [0.4, 0.5) is 0 Å². The highest BCUT2D eigenvalue weighted by Gasteiger charge is 2.26. The molecule has 1 atom stereocenters. The third kappa shape index (κ3) is 4.30. The fourth-order valence-corrected chi connectivity index (χ4v) is 5.25. The Labute approximate surface area is 181 Å². The monoisotopic (exact) mass is 436 g/mol. The van der Waals surface area contributed by atoms with E-state index in [0.717, 1.165) is 16.5 Å². The van der Waals surface area contributed by atoms with E-state index < -0.39 is 16.1 Å². The van der Waals surface area contributed by atoms with Crippen molar-refractivity contribution in [3.8, 4) is 11.4 Å². The number of nitrogens with zero attached hydrogens (tertiary/aromatic N) is 3. The van der Waals surface area contributed by atoms with Crippen LogP contribution in [0.15, 0.2) is 71.9 Å². The first kappa shape index (κ1) is 21.0. The standard InChI is InChI=1S/C23H24N4O3S/c1-16(15-30-22-11-7-8-19-14-24-13-12-21(19)22)26-31(28,29)23-17(2)25-27(18(23)3)20-9-5-4-6-10-20/h4-14,16,26H,15H2,1-3H3/t16-/m0/s1. The predicted octanol–water partition coefficient (Wildman–Crippen LogP) is 3.78. The summed E-state index contributed by atoms with van der Waals surface area (Å²) in [7, 11) is -3.78. The maximum absolute atomic E-state index is 13.1. The van der Waals surface area contributed by atoms with E-state index in [-0.39, 0.29) is 11.5 Å². The highest BCUT2D eigenvalue weighted by molar-refractivity contribution is 7.89. The molecule has 0 aliphatic rings. The van der Waals surface area contributed by atoms with Gasteiger partial charge in [0.15, 0.2) is 0 Å². The van der Waals surface area contributed by atoms with Crippen LogP contribution < -0.4 is 9.46 Å². The maximum Gasteiger partial charge on any atom is 0.244 e. The van der Waals surface area contributed by atoms with Gasteiger partial charge in [-0.15, -0.1) is 0 Å². The molecular weight excluding hydrogens is 412 g/mol. The lowest BCUT2D eigenvalue weighted by molar-refractivity contribution is 0.290. The smallest absolute Gasteiger partial charge is 0.244 e. The van der Waals surface area contributed by atoms with Crippen molar-refractivity contribution in [1.29, 1.82) is 0 Å². The van der Waals surface area contributed by atoms with Gasteiger partial charge in [-0.2, -0.15) is 5.10 Å². The summed E-state index contributed by atoms with van der Waals surface area (Å²) in [5.74, 6) is 0.690. The Bertz CT molecular complexity index is 1310. The van der Waals surface area contributed by atoms with Crippen LogP contribution in [0.3, 0.4) is 0 Å². The Balaban J connectivity index is 1.52. The molecule has 7 nitrogen and oxygen atoms in total. The number of pyridine rings is 1. The number of nitrogens with one attached hydrogen (secondary N) is 1. The van der Waals surface area contributed by atoms with Crippen molar-refractivity contribution in [3.63, 3.8) is 0 Å². The molecule has 0 amide bonds. The molecule has 0 aliphatic carbocycles. The number of aromatic nitrogens is 3. The van der Waals surface area contributed by atoms with E-state index >= 15 is 0 Å². The number of hydrogen-bond donors (Lipinski definition) is 1. The molecule has 1 N–H and O–H groups in total. The summed E-state index contributed by atoms with van der Waals surface area (Å²) >= 11 is 0. The van der Waals surface area contributed by atoms with Gasteiger partial charge in [0.1, 0.15) is 17.3 Å². The van der Waals surface area contributed by atoms with Crippen LogP contribution in [0.5, 0.6) is 5.75 Å². The van der Waals surface area contributed by atoms with E-state index in [1.165, 1.54) is 0 Å². The molecule has 4 aromatic rings. The van der Waals surface area contributed by atoms with Crippen molar-refractivity contribution in [1.82, 2.24) is 19.5 Å². The molecule has 4 rings (SSSR count). The number of hydrogen-bond acceptors (Lipinski definition) is 5. The summed E-state index contributed by atoms with van der Waals surface area (Å²) < 4.78 is 36.5. The Kier molecular flexibility index (Phi) is 5.75. The first-order valence-electron chi connectivity index (χ1n) is 9.96. The third-order valence-corrected chi connectivity index (χ3v) is 6.82. The number of aryl methyl sites for hydroxylation is 1. The summed E-state index contributed by atoms with van der Waals surface area (Å²) in [6.07, 6.45) is 3.47. The highest BCUT2D eigenvalue weighted by atomic mass is 32.2. The molecule has 0 saturated heterocycles. The number of para-hydroxylation sites is 1. The van der Waals surface area contributed by atoms with Crippen molar-refractivity contribution in [3.05, 3.63) is 78.4 Å². The van der Waals surface area contributed by atoms with Crippen molar-refractivity contribution in [2.45, 2.75) is 31.7 Å². The van der Waals surface area contributed by atoms with Gasteiger partial charge in [0.05, 0.1) is 23.1 Å². The van der Waals surface area contributed by atoms with Gasteiger partial charge in [-0.05, 0) is 45.0 Å². The second-order valence-electron chi connectivity index (χ2n) is 7.43. The van der Waals surface area contributed by atoms with Gasteiger partial charge >= 0.3 is 0 Å². The first-order valence-corrected chi connectivity index (χ1v) is 11.4. The fourth-order valence-electron chi connectivity index (χ4n) is 3.63. The fraction of sp³-hybridized carbons (Fsp3) is 0.217. The van der Waals surface area contributed by atoms with Crippen molar-refractivity contribution >= 4 is 20.8 Å². The van der Waals surface area contributed by atoms with Gasteiger partial charge in [-0.25, -0.2) is 17.8 Å². The van der Waals surface area contributed by atoms with E-state index in [0.29, 0.717) is 17.1 Å². The summed E-state index contributed by atoms with van der Waals surface area (Å²) in [5.41, 5.74) is 1.82. The molecule has 8 heteroatoms. The topological polar surface area (TPSA) is 86.1 Å². The zero-order valence-corrected chi connectivity index (χ0v) is 18.4. The average Bonchev–Trinajstić information content (AvgIpc) is 3.07. The van der Waals surface area contributed by atoms with E-state index in [9.17, 15) is 8.42 Å². The second kappa shape index (κ2) is 8.49. The summed E-state index contributed by atoms with van der Waals surface area (Å²) in [6, 6.07) is 16.6. The lowest BCUT2D eigenvalue weighted by atomic mass is 10.1. The minimum Gasteiger partial charge on any atom is -0.491 e. The number of fused-ring (bicyclic) bond motifs is 1. The lowest BCUT2D eigenvalue weighted by Gasteiger charge is -2.16. The second-order valence-corrected chi connectivity index (χ2v) is 9.08. The SMILES string of the molecule is Cc1nn(-c2ccccc2)c(C)c1S(=O)(=O)N[C@@H](C)COc1cccc2cnccc12. The summed E-state index contributed by atoms with van der Waals surface area (Å²) in [6.45, 7) is 5.42. The van der Waals surface area contributed by atoms with Crippen LogP contribution in [0.25, 0.3) is 16.5 Å². The van der Waals surface area contributed by atoms with Gasteiger partial charge in [0.2, 0.25) is 10.0 Å². The van der Waals surface area contributed by atoms with Crippen molar-refractivity contribution in [2.24, 2.45) is 0 Å². The van der Waals surface area contributed by atoms with Gasteiger partial charge in [0.25, 0.3) is 0 Å². The van der Waals surface area contributed by atoms with Crippen LogP contribution in [0.1, 0.15) is 18.3 Å². The molecular formula is C23H24N4O3S. The van der Waals surface area contributed by atoms with E-state index in [4.69, 9.17) is 4.74 Å². The molecule has 2 aromatic carbocycles. The Hall–Kier alpha value is -3.23. The molecule has 2 heterocycles. The molecule has 0 spiro atoms. The van der Waals surface area contributed by atoms with Crippen LogP contribution in [-0.4, -0.2) is 35.8 Å². The molecule has 0 aliphatic heterocycles. The third-order valence-electron chi connectivity index (χ3n) is 4.98. The van der Waals surface area contributed by atoms with Crippen LogP contribution in [0.2, 0.25) is 0 Å². The van der Waals surface area contributed by atoms with Crippen LogP contribution >= 0.6 is 0 Å². The van der Waals surface area contributed by atoms with Gasteiger partial charge in [-0.1, -0.05) is 30.3 Å². The minimum absolute atomic E-state index is 0.186. The van der Waals surface area contributed by atoms with Gasteiger partial charge in [-0.3, -0.25) is 4.98 Å². The molecule has 0 radical (unpaired) electrons. The van der Waals surface area contributed by atoms with E-state index in [1.54, 1.807) is 37.8 Å². The highest BCUT2D eigenvalue weighted by Crippen LogP contribution is 2.25. The molecule has 160 valence electrons. The van der Waals surface area contributed by atoms with Gasteiger partial charge in [0, 0.05) is 23.2 Å². The normalized spacial score (nSPS) is 12.7. The molecule has 0 saturated carbocycles. The lowest BCUT2D eigenvalue weighted by Crippen LogP contribution is -2.37. The Morgan fingerprint density at radius 1 is 1.06 bits per heavy atom. The molecule has 0 unspecified atom stereocenters. The number of sulfonamides is 1. The van der Waals surface area contributed by atoms with Crippen molar-refractivity contribution < 1.29 is 13.2 Å². The zero-order valence-electron chi connectivity index (χ0n) is 17.6. The van der Waals surface area contributed by atoms with E-state index in [1.807, 2.05) is 54.6 Å². The average molecular weight is 437 g/mol. The summed E-state index contributed by atoms with van der Waals surface area (Å²) in [5, 5.41) is 6.34. The Morgan fingerprint density at radius 2 is 1.84 bits per heavy atom. The zero-order chi connectivity index (χ0) is 22.0. The molecule has 2 aromatic heterocycles. The van der Waals surface area contributed by atoms with Gasteiger partial charge < -0.3 is 4.74 Å². The van der Waals surface area contributed by atoms with Crippen LogP contribution in [0, 0.1) is 13.8 Å². The molecule has 0 fully saturated rings. The first-order chi connectivity index (χ1) is 14.9. The quantitative estimate of drug-likeness (QED) is 0.476. The molecule has 0 bridgehead atoms. The predicted molar refractivity (Wildman–Crippen MR) is 120 cm³/mol. The Morgan fingerprint density at radius 3 is 2.61 bits per heavy atom. The molecule has 31 heavy (non-hydrogen) atoms.